The third-order valence-corrected chi connectivity index (χ3v) is 5.61. The van der Waals surface area contributed by atoms with Crippen LogP contribution in [0.3, 0.4) is 0 Å². The van der Waals surface area contributed by atoms with Crippen molar-refractivity contribution in [2.45, 2.75) is 64.9 Å². The van der Waals surface area contributed by atoms with Crippen molar-refractivity contribution in [2.24, 2.45) is 0 Å². The highest BCUT2D eigenvalue weighted by molar-refractivity contribution is 5.90. The van der Waals surface area contributed by atoms with E-state index in [9.17, 15) is 9.59 Å². The maximum Gasteiger partial charge on any atom is 0.414 e. The van der Waals surface area contributed by atoms with Crippen molar-refractivity contribution in [3.63, 3.8) is 0 Å². The second-order valence-corrected chi connectivity index (χ2v) is 8.69. The first-order valence-electron chi connectivity index (χ1n) is 9.48. The van der Waals surface area contributed by atoms with Crippen molar-refractivity contribution in [1.29, 1.82) is 0 Å². The standard InChI is InChI=1S/C21H30N2O3/c1-15-6-7-18-17(14-15)21(8-11-22(12-9-21)16(2)24)10-13-23(18)19(25)26-20(3,4)5/h6-7,14H,8-13H2,1-5H3. The predicted octanol–water partition coefficient (Wildman–Crippen LogP) is 4.02. The Labute approximate surface area is 156 Å². The van der Waals surface area contributed by atoms with Crippen LogP contribution in [0.15, 0.2) is 18.2 Å². The van der Waals surface area contributed by atoms with Crippen molar-refractivity contribution in [3.8, 4) is 0 Å². The van der Waals surface area contributed by atoms with Crippen molar-refractivity contribution in [1.82, 2.24) is 4.90 Å². The summed E-state index contributed by atoms with van der Waals surface area (Å²) in [5.74, 6) is 0.149. The second-order valence-electron chi connectivity index (χ2n) is 8.69. The molecule has 3 rings (SSSR count). The molecule has 0 aromatic heterocycles. The molecule has 0 radical (unpaired) electrons. The maximum absolute atomic E-state index is 12.7. The summed E-state index contributed by atoms with van der Waals surface area (Å²) in [5.41, 5.74) is 2.93. The lowest BCUT2D eigenvalue weighted by atomic mass is 9.67. The Kier molecular flexibility index (Phi) is 4.76. The summed E-state index contributed by atoms with van der Waals surface area (Å²) in [6, 6.07) is 6.32. The molecule has 2 aliphatic heterocycles. The summed E-state index contributed by atoms with van der Waals surface area (Å²) in [4.78, 5) is 28.1. The zero-order valence-corrected chi connectivity index (χ0v) is 16.6. The summed E-state index contributed by atoms with van der Waals surface area (Å²) in [6.45, 7) is 11.6. The van der Waals surface area contributed by atoms with Crippen LogP contribution in [0.1, 0.15) is 58.1 Å². The van der Waals surface area contributed by atoms with Gasteiger partial charge in [0.25, 0.3) is 0 Å². The normalized spacial score (nSPS) is 19.3. The van der Waals surface area contributed by atoms with E-state index >= 15 is 0 Å². The van der Waals surface area contributed by atoms with E-state index in [1.807, 2.05) is 31.7 Å². The Hall–Kier alpha value is -2.04. The van der Waals surface area contributed by atoms with Crippen LogP contribution in [-0.2, 0) is 14.9 Å². The van der Waals surface area contributed by atoms with Gasteiger partial charge >= 0.3 is 6.09 Å². The van der Waals surface area contributed by atoms with Crippen molar-refractivity contribution in [2.75, 3.05) is 24.5 Å². The quantitative estimate of drug-likeness (QED) is 0.704. The zero-order valence-electron chi connectivity index (χ0n) is 16.6. The van der Waals surface area contributed by atoms with Gasteiger partial charge in [-0.25, -0.2) is 4.79 Å². The monoisotopic (exact) mass is 358 g/mol. The Morgan fingerprint density at radius 3 is 2.27 bits per heavy atom. The molecule has 0 atom stereocenters. The van der Waals surface area contributed by atoms with Crippen molar-refractivity contribution >= 4 is 17.7 Å². The van der Waals surface area contributed by atoms with Gasteiger partial charge in [0.15, 0.2) is 0 Å². The molecule has 5 nitrogen and oxygen atoms in total. The topological polar surface area (TPSA) is 49.9 Å². The van der Waals surface area contributed by atoms with Crippen LogP contribution in [0, 0.1) is 6.92 Å². The number of benzene rings is 1. The van der Waals surface area contributed by atoms with Gasteiger partial charge in [0.05, 0.1) is 5.69 Å². The number of hydrogen-bond donors (Lipinski definition) is 0. The highest BCUT2D eigenvalue weighted by atomic mass is 16.6. The van der Waals surface area contributed by atoms with Crippen molar-refractivity contribution < 1.29 is 14.3 Å². The first kappa shape index (κ1) is 18.7. The average molecular weight is 358 g/mol. The summed E-state index contributed by atoms with van der Waals surface area (Å²) < 4.78 is 5.62. The molecule has 0 bridgehead atoms. The van der Waals surface area contributed by atoms with E-state index in [2.05, 4.69) is 19.1 Å². The lowest BCUT2D eigenvalue weighted by Crippen LogP contribution is -2.50. The molecule has 1 saturated heterocycles. The molecule has 26 heavy (non-hydrogen) atoms. The van der Waals surface area contributed by atoms with Gasteiger partial charge in [0.2, 0.25) is 5.91 Å². The van der Waals surface area contributed by atoms with E-state index in [4.69, 9.17) is 4.74 Å². The van der Waals surface area contributed by atoms with Crippen LogP contribution in [0.2, 0.25) is 0 Å². The molecule has 2 amide bonds. The van der Waals surface area contributed by atoms with Gasteiger partial charge in [-0.15, -0.1) is 0 Å². The molecule has 142 valence electrons. The van der Waals surface area contributed by atoms with Gasteiger partial charge in [-0.05, 0) is 58.6 Å². The molecule has 1 spiro atoms. The van der Waals surface area contributed by atoms with E-state index in [1.165, 1.54) is 11.1 Å². The molecule has 5 heteroatoms. The van der Waals surface area contributed by atoms with Gasteiger partial charge < -0.3 is 9.64 Å². The van der Waals surface area contributed by atoms with Crippen LogP contribution in [-0.4, -0.2) is 42.1 Å². The minimum absolute atomic E-state index is 0.0474. The number of aryl methyl sites for hydroxylation is 1. The number of ether oxygens (including phenoxy) is 1. The second kappa shape index (κ2) is 6.60. The van der Waals surface area contributed by atoms with E-state index in [-0.39, 0.29) is 17.4 Å². The molecule has 1 fully saturated rings. The summed E-state index contributed by atoms with van der Waals surface area (Å²) in [6.07, 6.45) is 2.53. The molecule has 1 aromatic carbocycles. The van der Waals surface area contributed by atoms with Gasteiger partial charge in [-0.3, -0.25) is 9.69 Å². The van der Waals surface area contributed by atoms with E-state index in [1.54, 1.807) is 11.8 Å². The number of hydrogen-bond acceptors (Lipinski definition) is 3. The molecule has 2 heterocycles. The smallest absolute Gasteiger partial charge is 0.414 e. The fourth-order valence-corrected chi connectivity index (χ4v) is 4.17. The van der Waals surface area contributed by atoms with Crippen LogP contribution in [0.25, 0.3) is 0 Å². The Morgan fingerprint density at radius 2 is 1.69 bits per heavy atom. The molecule has 2 aliphatic rings. The minimum Gasteiger partial charge on any atom is -0.443 e. The van der Waals surface area contributed by atoms with Gasteiger partial charge in [0.1, 0.15) is 5.60 Å². The molecule has 0 unspecified atom stereocenters. The van der Waals surface area contributed by atoms with Gasteiger partial charge in [-0.1, -0.05) is 17.7 Å². The Bertz CT molecular complexity index is 712. The SMILES string of the molecule is CC(=O)N1CCC2(CC1)CCN(C(=O)OC(C)(C)C)c1ccc(C)cc12. The van der Waals surface area contributed by atoms with Crippen molar-refractivity contribution in [3.05, 3.63) is 29.3 Å². The fraction of sp³-hybridized carbons (Fsp3) is 0.619. The summed E-state index contributed by atoms with van der Waals surface area (Å²) >= 11 is 0. The fourth-order valence-electron chi connectivity index (χ4n) is 4.17. The summed E-state index contributed by atoms with van der Waals surface area (Å²) in [7, 11) is 0. The highest BCUT2D eigenvalue weighted by Gasteiger charge is 2.43. The average Bonchev–Trinajstić information content (AvgIpc) is 2.54. The molecule has 0 N–H and O–H groups in total. The van der Waals surface area contributed by atoms with E-state index in [0.717, 1.165) is 38.0 Å². The number of amides is 2. The minimum atomic E-state index is -0.510. The number of carbonyl (C=O) groups excluding carboxylic acids is 2. The highest BCUT2D eigenvalue weighted by Crippen LogP contribution is 2.47. The van der Waals surface area contributed by atoms with Gasteiger partial charge in [0, 0.05) is 32.0 Å². The number of piperidine rings is 1. The Balaban J connectivity index is 1.92. The Morgan fingerprint density at radius 1 is 1.08 bits per heavy atom. The first-order valence-corrected chi connectivity index (χ1v) is 9.48. The summed E-state index contributed by atoms with van der Waals surface area (Å²) in [5, 5.41) is 0. The molecular formula is C21H30N2O3. The number of likely N-dealkylation sites (tertiary alicyclic amines) is 1. The predicted molar refractivity (Wildman–Crippen MR) is 103 cm³/mol. The first-order chi connectivity index (χ1) is 12.1. The maximum atomic E-state index is 12.7. The molecule has 0 aliphatic carbocycles. The third-order valence-electron chi connectivity index (χ3n) is 5.61. The van der Waals surface area contributed by atoms with E-state index in [0.29, 0.717) is 6.54 Å². The molecular weight excluding hydrogens is 328 g/mol. The van der Waals surface area contributed by atoms with Crippen LogP contribution in [0.5, 0.6) is 0 Å². The lowest BCUT2D eigenvalue weighted by Gasteiger charge is -2.47. The number of anilines is 1. The zero-order chi connectivity index (χ0) is 19.1. The van der Waals surface area contributed by atoms with Gasteiger partial charge in [-0.2, -0.15) is 0 Å². The van der Waals surface area contributed by atoms with Crippen LogP contribution >= 0.6 is 0 Å². The third kappa shape index (κ3) is 3.57. The largest absolute Gasteiger partial charge is 0.443 e. The van der Waals surface area contributed by atoms with E-state index < -0.39 is 5.60 Å². The van der Waals surface area contributed by atoms with Crippen LogP contribution < -0.4 is 4.90 Å². The molecule has 1 aromatic rings. The number of nitrogens with zero attached hydrogens (tertiary/aromatic N) is 2. The number of carbonyl (C=O) groups is 2. The lowest BCUT2D eigenvalue weighted by molar-refractivity contribution is -0.130. The van der Waals surface area contributed by atoms with Crippen LogP contribution in [0.4, 0.5) is 10.5 Å². The number of fused-ring (bicyclic) bond motifs is 2. The number of rotatable bonds is 0. The molecule has 0 saturated carbocycles.